The van der Waals surface area contributed by atoms with Crippen LogP contribution in [0.3, 0.4) is 0 Å². The summed E-state index contributed by atoms with van der Waals surface area (Å²) >= 11 is 0. The Hall–Kier alpha value is -1.26. The van der Waals surface area contributed by atoms with Crippen molar-refractivity contribution in [3.8, 4) is 0 Å². The number of benzene rings is 1. The minimum Gasteiger partial charge on any atom is -0.317 e. The average Bonchev–Trinajstić information content (AvgIpc) is 2.69. The lowest BCUT2D eigenvalue weighted by molar-refractivity contribution is 0.193. The minimum absolute atomic E-state index is 0. The second-order valence-electron chi connectivity index (χ2n) is 4.28. The highest BCUT2D eigenvalue weighted by molar-refractivity contribution is 5.94. The topological polar surface area (TPSA) is 35.6 Å². The molecule has 1 atom stereocenters. The normalized spacial score (nSPS) is 23.3. The number of halogens is 1. The fourth-order valence-electron chi connectivity index (χ4n) is 2.44. The maximum Gasteiger partial charge on any atom is 0.324 e. The Kier molecular flexibility index (Phi) is 3.54. The number of fused-ring (bicyclic) bond motifs is 1. The van der Waals surface area contributed by atoms with Crippen molar-refractivity contribution in [2.75, 3.05) is 31.1 Å². The largest absolute Gasteiger partial charge is 0.324 e. The first-order valence-electron chi connectivity index (χ1n) is 5.70. The van der Waals surface area contributed by atoms with Crippen LogP contribution in [0.5, 0.6) is 0 Å². The summed E-state index contributed by atoms with van der Waals surface area (Å²) in [5.41, 5.74) is 1.00. The fourth-order valence-corrected chi connectivity index (χ4v) is 2.44. The van der Waals surface area contributed by atoms with Crippen LogP contribution >= 0.6 is 12.4 Å². The van der Waals surface area contributed by atoms with Crippen molar-refractivity contribution in [2.45, 2.75) is 6.04 Å². The molecule has 5 heteroatoms. The molecule has 0 saturated carbocycles. The Bertz CT molecular complexity index is 398. The highest BCUT2D eigenvalue weighted by Crippen LogP contribution is 2.23. The van der Waals surface area contributed by atoms with Gasteiger partial charge >= 0.3 is 6.03 Å². The Balaban J connectivity index is 0.00000108. The molecule has 3 rings (SSSR count). The third kappa shape index (κ3) is 2.10. The van der Waals surface area contributed by atoms with Crippen molar-refractivity contribution < 1.29 is 4.79 Å². The molecule has 2 heterocycles. The number of nitrogens with zero attached hydrogens (tertiary/aromatic N) is 2. The van der Waals surface area contributed by atoms with Gasteiger partial charge in [0.25, 0.3) is 0 Å². The van der Waals surface area contributed by atoms with Gasteiger partial charge in [0.1, 0.15) is 0 Å². The van der Waals surface area contributed by atoms with Crippen molar-refractivity contribution in [1.82, 2.24) is 10.2 Å². The number of hydrogen-bond acceptors (Lipinski definition) is 2. The van der Waals surface area contributed by atoms with Gasteiger partial charge in [-0.3, -0.25) is 4.90 Å². The summed E-state index contributed by atoms with van der Waals surface area (Å²) in [6.45, 7) is 3.45. The predicted molar refractivity (Wildman–Crippen MR) is 69.8 cm³/mol. The molecular formula is C12H16ClN3O. The van der Waals surface area contributed by atoms with Gasteiger partial charge in [-0.15, -0.1) is 12.4 Å². The average molecular weight is 254 g/mol. The van der Waals surface area contributed by atoms with Gasteiger partial charge in [0.05, 0.1) is 6.04 Å². The molecule has 0 aromatic heterocycles. The number of carbonyl (C=O) groups is 1. The number of piperazine rings is 1. The number of para-hydroxylation sites is 1. The third-order valence-corrected chi connectivity index (χ3v) is 3.29. The van der Waals surface area contributed by atoms with E-state index in [0.717, 1.165) is 31.9 Å². The highest BCUT2D eigenvalue weighted by Gasteiger charge is 2.38. The zero-order valence-corrected chi connectivity index (χ0v) is 10.3. The summed E-state index contributed by atoms with van der Waals surface area (Å²) in [4.78, 5) is 16.0. The van der Waals surface area contributed by atoms with E-state index >= 15 is 0 Å². The molecule has 0 bridgehead atoms. The fraction of sp³-hybridized carbons (Fsp3) is 0.417. The summed E-state index contributed by atoms with van der Waals surface area (Å²) in [7, 11) is 0. The van der Waals surface area contributed by atoms with Crippen LogP contribution in [-0.2, 0) is 0 Å². The summed E-state index contributed by atoms with van der Waals surface area (Å²) in [6.07, 6.45) is 0. The third-order valence-electron chi connectivity index (χ3n) is 3.29. The molecule has 2 saturated heterocycles. The number of rotatable bonds is 1. The zero-order chi connectivity index (χ0) is 11.0. The number of nitrogens with one attached hydrogen (secondary N) is 1. The number of carbonyl (C=O) groups excluding carboxylic acids is 1. The van der Waals surface area contributed by atoms with Crippen molar-refractivity contribution in [3.05, 3.63) is 30.3 Å². The first-order valence-corrected chi connectivity index (χ1v) is 5.70. The first kappa shape index (κ1) is 12.2. The van der Waals surface area contributed by atoms with E-state index in [1.54, 1.807) is 0 Å². The maximum atomic E-state index is 12.2. The molecule has 2 amide bonds. The molecule has 1 aromatic carbocycles. The summed E-state index contributed by atoms with van der Waals surface area (Å²) < 4.78 is 0. The van der Waals surface area contributed by atoms with Gasteiger partial charge in [-0.05, 0) is 12.1 Å². The van der Waals surface area contributed by atoms with Crippen molar-refractivity contribution in [3.63, 3.8) is 0 Å². The van der Waals surface area contributed by atoms with E-state index in [2.05, 4.69) is 5.32 Å². The van der Waals surface area contributed by atoms with Crippen LogP contribution in [-0.4, -0.2) is 43.2 Å². The van der Waals surface area contributed by atoms with E-state index in [4.69, 9.17) is 0 Å². The molecule has 0 spiro atoms. The molecule has 1 N–H and O–H groups in total. The molecule has 17 heavy (non-hydrogen) atoms. The highest BCUT2D eigenvalue weighted by atomic mass is 35.5. The quantitative estimate of drug-likeness (QED) is 0.820. The van der Waals surface area contributed by atoms with Gasteiger partial charge in [0.15, 0.2) is 0 Å². The van der Waals surface area contributed by atoms with Crippen LogP contribution in [0.2, 0.25) is 0 Å². The van der Waals surface area contributed by atoms with Gasteiger partial charge in [-0.2, -0.15) is 0 Å². The monoisotopic (exact) mass is 253 g/mol. The molecule has 0 aliphatic carbocycles. The number of urea groups is 1. The summed E-state index contributed by atoms with van der Waals surface area (Å²) in [6, 6.07) is 10.4. The maximum absolute atomic E-state index is 12.2. The van der Waals surface area contributed by atoms with Crippen LogP contribution in [0.15, 0.2) is 30.3 Å². The van der Waals surface area contributed by atoms with E-state index in [9.17, 15) is 4.79 Å². The number of hydrogen-bond donors (Lipinski definition) is 1. The second kappa shape index (κ2) is 4.94. The van der Waals surface area contributed by atoms with Crippen LogP contribution < -0.4 is 10.2 Å². The Morgan fingerprint density at radius 2 is 2.00 bits per heavy atom. The van der Waals surface area contributed by atoms with E-state index in [1.807, 2.05) is 40.1 Å². The summed E-state index contributed by atoms with van der Waals surface area (Å²) in [5.74, 6) is 0. The first-order chi connectivity index (χ1) is 7.86. The van der Waals surface area contributed by atoms with Gasteiger partial charge in [-0.25, -0.2) is 4.79 Å². The molecular weight excluding hydrogens is 238 g/mol. The molecule has 2 aliphatic rings. The number of amides is 2. The van der Waals surface area contributed by atoms with Crippen LogP contribution in [0.1, 0.15) is 0 Å². The molecule has 0 radical (unpaired) electrons. The molecule has 4 nitrogen and oxygen atoms in total. The zero-order valence-electron chi connectivity index (χ0n) is 9.50. The van der Waals surface area contributed by atoms with Gasteiger partial charge in [0, 0.05) is 31.9 Å². The van der Waals surface area contributed by atoms with Gasteiger partial charge < -0.3 is 10.2 Å². The molecule has 92 valence electrons. The molecule has 1 unspecified atom stereocenters. The standard InChI is InChI=1S/C12H15N3O.ClH/c16-12-14-7-6-13-8-11(14)9-15(12)10-4-2-1-3-5-10;/h1-5,11,13H,6-9H2;1H. The lowest BCUT2D eigenvalue weighted by Crippen LogP contribution is -2.49. The summed E-state index contributed by atoms with van der Waals surface area (Å²) in [5, 5.41) is 3.33. The van der Waals surface area contributed by atoms with Crippen LogP contribution in [0.25, 0.3) is 0 Å². The van der Waals surface area contributed by atoms with E-state index in [0.29, 0.717) is 6.04 Å². The number of anilines is 1. The van der Waals surface area contributed by atoms with Crippen LogP contribution in [0.4, 0.5) is 10.5 Å². The SMILES string of the molecule is Cl.O=C1N(c2ccccc2)CC2CNCCN12. The van der Waals surface area contributed by atoms with Crippen molar-refractivity contribution >= 4 is 24.1 Å². The van der Waals surface area contributed by atoms with Crippen molar-refractivity contribution in [1.29, 1.82) is 0 Å². The predicted octanol–water partition coefficient (Wildman–Crippen LogP) is 1.32. The van der Waals surface area contributed by atoms with E-state index in [1.165, 1.54) is 0 Å². The second-order valence-corrected chi connectivity index (χ2v) is 4.28. The molecule has 2 fully saturated rings. The Labute approximate surface area is 107 Å². The molecule has 1 aromatic rings. The Morgan fingerprint density at radius 3 is 2.71 bits per heavy atom. The smallest absolute Gasteiger partial charge is 0.317 e. The van der Waals surface area contributed by atoms with Gasteiger partial charge in [0.2, 0.25) is 0 Å². The van der Waals surface area contributed by atoms with Crippen LogP contribution in [0, 0.1) is 0 Å². The Morgan fingerprint density at radius 1 is 1.24 bits per heavy atom. The molecule has 2 aliphatic heterocycles. The van der Waals surface area contributed by atoms with E-state index in [-0.39, 0.29) is 18.4 Å². The van der Waals surface area contributed by atoms with E-state index < -0.39 is 0 Å². The lowest BCUT2D eigenvalue weighted by Gasteiger charge is -2.28. The minimum atomic E-state index is 0. The lowest BCUT2D eigenvalue weighted by atomic mass is 10.2. The van der Waals surface area contributed by atoms with Crippen molar-refractivity contribution in [2.24, 2.45) is 0 Å². The van der Waals surface area contributed by atoms with Gasteiger partial charge in [-0.1, -0.05) is 18.2 Å².